The second-order valence-electron chi connectivity index (χ2n) is 4.42. The number of hydrogen-bond donors (Lipinski definition) is 0. The summed E-state index contributed by atoms with van der Waals surface area (Å²) in [7, 11) is 1.85. The van der Waals surface area contributed by atoms with Crippen LogP contribution in [0, 0.1) is 0 Å². The first kappa shape index (κ1) is 15.3. The zero-order chi connectivity index (χ0) is 13.5. The molecule has 1 amide bonds. The fourth-order valence-electron chi connectivity index (χ4n) is 1.66. The van der Waals surface area contributed by atoms with Gasteiger partial charge in [0.1, 0.15) is 0 Å². The summed E-state index contributed by atoms with van der Waals surface area (Å²) in [4.78, 5) is 13.6. The predicted octanol–water partition coefficient (Wildman–Crippen LogP) is 4.18. The summed E-state index contributed by atoms with van der Waals surface area (Å²) < 4.78 is 0. The van der Waals surface area contributed by atoms with Crippen LogP contribution < -0.4 is 0 Å². The van der Waals surface area contributed by atoms with Gasteiger partial charge in [0.25, 0.3) is 0 Å². The second-order valence-corrected chi connectivity index (χ2v) is 5.23. The van der Waals surface area contributed by atoms with Crippen molar-refractivity contribution in [2.45, 2.75) is 32.6 Å². The fourth-order valence-corrected chi connectivity index (χ4v) is 1.98. The molecule has 0 atom stereocenters. The van der Waals surface area contributed by atoms with Crippen molar-refractivity contribution < 1.29 is 4.79 Å². The molecule has 0 aliphatic heterocycles. The van der Waals surface area contributed by atoms with Crippen molar-refractivity contribution >= 4 is 29.1 Å². The Hall–Kier alpha value is -0.730. The Bertz CT molecular complexity index is 407. The van der Waals surface area contributed by atoms with Gasteiger partial charge in [-0.1, -0.05) is 42.6 Å². The lowest BCUT2D eigenvalue weighted by Gasteiger charge is -2.16. The van der Waals surface area contributed by atoms with E-state index in [2.05, 4.69) is 6.92 Å². The molecule has 0 aromatic heterocycles. The minimum Gasteiger partial charge on any atom is -0.346 e. The van der Waals surface area contributed by atoms with Crippen LogP contribution >= 0.6 is 23.2 Å². The third-order valence-corrected chi connectivity index (χ3v) is 3.62. The van der Waals surface area contributed by atoms with Gasteiger partial charge in [0.15, 0.2) is 0 Å². The van der Waals surface area contributed by atoms with Gasteiger partial charge in [-0.25, -0.2) is 0 Å². The van der Waals surface area contributed by atoms with Crippen LogP contribution in [0.2, 0.25) is 10.0 Å². The predicted molar refractivity (Wildman–Crippen MR) is 77.3 cm³/mol. The van der Waals surface area contributed by atoms with Gasteiger partial charge in [0.05, 0.1) is 10.0 Å². The maximum Gasteiger partial charge on any atom is 0.222 e. The van der Waals surface area contributed by atoms with Crippen LogP contribution in [0.25, 0.3) is 0 Å². The SMILES string of the molecule is CCCCN(C)C(=O)CCc1ccc(Cl)c(Cl)c1. The molecule has 2 nitrogen and oxygen atoms in total. The molecule has 0 saturated carbocycles. The second kappa shape index (κ2) is 7.65. The highest BCUT2D eigenvalue weighted by atomic mass is 35.5. The van der Waals surface area contributed by atoms with E-state index >= 15 is 0 Å². The molecule has 4 heteroatoms. The Balaban J connectivity index is 2.44. The third-order valence-electron chi connectivity index (χ3n) is 2.88. The molecule has 0 spiro atoms. The molecule has 1 aromatic carbocycles. The summed E-state index contributed by atoms with van der Waals surface area (Å²) in [5.41, 5.74) is 1.04. The first-order valence-electron chi connectivity index (χ1n) is 6.22. The molecule has 0 fully saturated rings. The summed E-state index contributed by atoms with van der Waals surface area (Å²) in [6.45, 7) is 2.95. The van der Waals surface area contributed by atoms with Gasteiger partial charge in [-0.3, -0.25) is 4.79 Å². The number of nitrogens with zero attached hydrogens (tertiary/aromatic N) is 1. The van der Waals surface area contributed by atoms with Crippen molar-refractivity contribution in [3.63, 3.8) is 0 Å². The minimum absolute atomic E-state index is 0.175. The van der Waals surface area contributed by atoms with E-state index in [0.29, 0.717) is 22.9 Å². The third kappa shape index (κ3) is 4.87. The largest absolute Gasteiger partial charge is 0.346 e. The van der Waals surface area contributed by atoms with Crippen LogP contribution in [0.4, 0.5) is 0 Å². The fraction of sp³-hybridized carbons (Fsp3) is 0.500. The molecule has 0 heterocycles. The van der Waals surface area contributed by atoms with Crippen LogP contribution in [-0.2, 0) is 11.2 Å². The van der Waals surface area contributed by atoms with Crippen LogP contribution in [0.15, 0.2) is 18.2 Å². The number of halogens is 2. The molecule has 0 bridgehead atoms. The monoisotopic (exact) mass is 287 g/mol. The van der Waals surface area contributed by atoms with Gasteiger partial charge < -0.3 is 4.90 Å². The molecule has 0 saturated heterocycles. The summed E-state index contributed by atoms with van der Waals surface area (Å²) in [5, 5.41) is 1.09. The van der Waals surface area contributed by atoms with Crippen molar-refractivity contribution in [3.8, 4) is 0 Å². The maximum atomic E-state index is 11.8. The molecular formula is C14H19Cl2NO. The number of carbonyl (C=O) groups is 1. The smallest absolute Gasteiger partial charge is 0.222 e. The molecule has 0 aliphatic rings. The van der Waals surface area contributed by atoms with Crippen molar-refractivity contribution in [2.24, 2.45) is 0 Å². The number of amides is 1. The number of rotatable bonds is 6. The zero-order valence-electron chi connectivity index (χ0n) is 10.9. The van der Waals surface area contributed by atoms with Crippen molar-refractivity contribution in [2.75, 3.05) is 13.6 Å². The lowest BCUT2D eigenvalue weighted by atomic mass is 10.1. The number of aryl methyl sites for hydroxylation is 1. The first-order valence-corrected chi connectivity index (χ1v) is 6.98. The lowest BCUT2D eigenvalue weighted by molar-refractivity contribution is -0.129. The highest BCUT2D eigenvalue weighted by Gasteiger charge is 2.08. The normalized spacial score (nSPS) is 10.4. The van der Waals surface area contributed by atoms with E-state index in [9.17, 15) is 4.79 Å². The van der Waals surface area contributed by atoms with Gasteiger partial charge in [0.2, 0.25) is 5.91 Å². The average Bonchev–Trinajstić information content (AvgIpc) is 2.36. The van der Waals surface area contributed by atoms with Crippen LogP contribution in [0.5, 0.6) is 0 Å². The van der Waals surface area contributed by atoms with Crippen LogP contribution in [0.3, 0.4) is 0 Å². The van der Waals surface area contributed by atoms with Crippen molar-refractivity contribution in [1.82, 2.24) is 4.90 Å². The first-order chi connectivity index (χ1) is 8.54. The Morgan fingerprint density at radius 1 is 1.28 bits per heavy atom. The number of benzene rings is 1. The summed E-state index contributed by atoms with van der Waals surface area (Å²) in [6.07, 6.45) is 3.36. The molecular weight excluding hydrogens is 269 g/mol. The van der Waals surface area contributed by atoms with Crippen molar-refractivity contribution in [1.29, 1.82) is 0 Å². The molecule has 18 heavy (non-hydrogen) atoms. The van der Waals surface area contributed by atoms with E-state index in [-0.39, 0.29) is 5.91 Å². The van der Waals surface area contributed by atoms with Gasteiger partial charge in [-0.2, -0.15) is 0 Å². The molecule has 1 aromatic rings. The van der Waals surface area contributed by atoms with E-state index in [4.69, 9.17) is 23.2 Å². The molecule has 1 rings (SSSR count). The van der Waals surface area contributed by atoms with Gasteiger partial charge >= 0.3 is 0 Å². The maximum absolute atomic E-state index is 11.8. The van der Waals surface area contributed by atoms with Crippen LogP contribution in [0.1, 0.15) is 31.7 Å². The highest BCUT2D eigenvalue weighted by Crippen LogP contribution is 2.23. The molecule has 100 valence electrons. The standard InChI is InChI=1S/C14H19Cl2NO/c1-3-4-9-17(2)14(18)8-6-11-5-7-12(15)13(16)10-11/h5,7,10H,3-4,6,8-9H2,1-2H3. The number of carbonyl (C=O) groups excluding carboxylic acids is 1. The number of unbranched alkanes of at least 4 members (excludes halogenated alkanes) is 1. The number of hydrogen-bond acceptors (Lipinski definition) is 1. The van der Waals surface area contributed by atoms with E-state index in [1.165, 1.54) is 0 Å². The highest BCUT2D eigenvalue weighted by molar-refractivity contribution is 6.42. The van der Waals surface area contributed by atoms with Crippen LogP contribution in [-0.4, -0.2) is 24.4 Å². The topological polar surface area (TPSA) is 20.3 Å². The Kier molecular flexibility index (Phi) is 6.51. The van der Waals surface area contributed by atoms with E-state index in [1.54, 1.807) is 11.0 Å². The average molecular weight is 288 g/mol. The lowest BCUT2D eigenvalue weighted by Crippen LogP contribution is -2.27. The van der Waals surface area contributed by atoms with E-state index < -0.39 is 0 Å². The Labute approximate surface area is 119 Å². The molecule has 0 radical (unpaired) electrons. The zero-order valence-corrected chi connectivity index (χ0v) is 12.4. The summed E-state index contributed by atoms with van der Waals surface area (Å²) >= 11 is 11.8. The van der Waals surface area contributed by atoms with Gasteiger partial charge in [0, 0.05) is 20.0 Å². The van der Waals surface area contributed by atoms with Gasteiger partial charge in [-0.05, 0) is 30.5 Å². The molecule has 0 unspecified atom stereocenters. The summed E-state index contributed by atoms with van der Waals surface area (Å²) in [6, 6.07) is 5.50. The van der Waals surface area contributed by atoms with E-state index in [1.807, 2.05) is 19.2 Å². The Morgan fingerprint density at radius 3 is 2.61 bits per heavy atom. The summed E-state index contributed by atoms with van der Waals surface area (Å²) in [5.74, 6) is 0.175. The van der Waals surface area contributed by atoms with E-state index in [0.717, 1.165) is 24.9 Å². The minimum atomic E-state index is 0.175. The molecule has 0 N–H and O–H groups in total. The Morgan fingerprint density at radius 2 is 2.00 bits per heavy atom. The molecule has 0 aliphatic carbocycles. The van der Waals surface area contributed by atoms with Crippen molar-refractivity contribution in [3.05, 3.63) is 33.8 Å². The quantitative estimate of drug-likeness (QED) is 0.768. The van der Waals surface area contributed by atoms with Gasteiger partial charge in [-0.15, -0.1) is 0 Å².